The Kier molecular flexibility index (Phi) is 9.68. The first-order valence-corrected chi connectivity index (χ1v) is 9.10. The Bertz CT molecular complexity index is 539. The molecule has 0 saturated carbocycles. The summed E-state index contributed by atoms with van der Waals surface area (Å²) in [7, 11) is 0. The predicted molar refractivity (Wildman–Crippen MR) is 103 cm³/mol. The third-order valence-electron chi connectivity index (χ3n) is 4.21. The third kappa shape index (κ3) is 6.40. The van der Waals surface area contributed by atoms with Crippen molar-refractivity contribution in [2.75, 3.05) is 26.3 Å². The lowest BCUT2D eigenvalue weighted by atomic mass is 10.1. The van der Waals surface area contributed by atoms with Crippen molar-refractivity contribution in [3.05, 3.63) is 23.8 Å². The van der Waals surface area contributed by atoms with Crippen LogP contribution in [-0.2, 0) is 0 Å². The molecule has 142 valence electrons. The van der Waals surface area contributed by atoms with Crippen LogP contribution in [0.15, 0.2) is 18.2 Å². The highest BCUT2D eigenvalue weighted by Crippen LogP contribution is 2.30. The highest BCUT2D eigenvalue weighted by Gasteiger charge is 2.25. The lowest BCUT2D eigenvalue weighted by molar-refractivity contribution is 0.0790. The van der Waals surface area contributed by atoms with Crippen LogP contribution < -0.4 is 15.2 Å². The van der Waals surface area contributed by atoms with Crippen LogP contribution in [0.4, 0.5) is 0 Å². The summed E-state index contributed by atoms with van der Waals surface area (Å²) >= 11 is 0. The molecule has 0 aliphatic carbocycles. The van der Waals surface area contributed by atoms with Crippen LogP contribution in [0, 0.1) is 0 Å². The van der Waals surface area contributed by atoms with Gasteiger partial charge in [0, 0.05) is 24.7 Å². The van der Waals surface area contributed by atoms with Crippen LogP contribution in [0.2, 0.25) is 0 Å². The van der Waals surface area contributed by atoms with Crippen LogP contribution in [0.25, 0.3) is 0 Å². The number of nitrogens with two attached hydrogens (primary N) is 1. The molecule has 1 fully saturated rings. The average Bonchev–Trinajstić information content (AvgIpc) is 3.02. The minimum Gasteiger partial charge on any atom is -0.490 e. The topological polar surface area (TPSA) is 64.8 Å². The van der Waals surface area contributed by atoms with Crippen molar-refractivity contribution in [2.24, 2.45) is 5.73 Å². The number of carbonyl (C=O) groups excluding carboxylic acids is 1. The lowest BCUT2D eigenvalue weighted by Gasteiger charge is -2.18. The Hall–Kier alpha value is -1.46. The number of rotatable bonds is 9. The number of nitrogens with zero attached hydrogens (tertiary/aromatic N) is 1. The molecule has 1 amide bonds. The zero-order chi connectivity index (χ0) is 17.4. The predicted octanol–water partition coefficient (Wildman–Crippen LogP) is 3.64. The molecule has 0 unspecified atom stereocenters. The average molecular weight is 371 g/mol. The second-order valence-electron chi connectivity index (χ2n) is 6.37. The summed E-state index contributed by atoms with van der Waals surface area (Å²) in [5.41, 5.74) is 6.54. The number of benzene rings is 1. The zero-order valence-electron chi connectivity index (χ0n) is 15.3. The first-order valence-electron chi connectivity index (χ1n) is 9.10. The SMILES string of the molecule is CCCCOc1ccc(C(=O)N2CC[C@@H](N)C2)cc1OCCCC.Cl. The number of hydrogen-bond acceptors (Lipinski definition) is 4. The molecule has 1 saturated heterocycles. The summed E-state index contributed by atoms with van der Waals surface area (Å²) in [4.78, 5) is 14.4. The highest BCUT2D eigenvalue weighted by atomic mass is 35.5. The maximum absolute atomic E-state index is 12.6. The van der Waals surface area contributed by atoms with Gasteiger partial charge in [0.2, 0.25) is 0 Å². The third-order valence-corrected chi connectivity index (χ3v) is 4.21. The number of unbranched alkanes of at least 4 members (excludes halogenated alkanes) is 2. The molecule has 1 aliphatic heterocycles. The number of carbonyl (C=O) groups is 1. The fourth-order valence-electron chi connectivity index (χ4n) is 2.68. The molecule has 1 atom stereocenters. The van der Waals surface area contributed by atoms with E-state index in [-0.39, 0.29) is 24.4 Å². The Morgan fingerprint density at radius 3 is 2.36 bits per heavy atom. The number of likely N-dealkylation sites (tertiary alicyclic amines) is 1. The van der Waals surface area contributed by atoms with Crippen molar-refractivity contribution in [1.29, 1.82) is 0 Å². The van der Waals surface area contributed by atoms with Crippen LogP contribution in [0.1, 0.15) is 56.3 Å². The summed E-state index contributed by atoms with van der Waals surface area (Å²) in [6.07, 6.45) is 4.99. The molecular weight excluding hydrogens is 340 g/mol. The summed E-state index contributed by atoms with van der Waals surface area (Å²) in [6.45, 7) is 6.89. The fourth-order valence-corrected chi connectivity index (χ4v) is 2.68. The standard InChI is InChI=1S/C19H30N2O3.ClH/c1-3-5-11-23-17-8-7-15(13-18(17)24-12-6-4-2)19(22)21-10-9-16(20)14-21;/h7-8,13,16H,3-6,9-12,14,20H2,1-2H3;1H/t16-;/m1./s1. The monoisotopic (exact) mass is 370 g/mol. The molecule has 0 spiro atoms. The van der Waals surface area contributed by atoms with Gasteiger partial charge in [0.25, 0.3) is 5.91 Å². The smallest absolute Gasteiger partial charge is 0.254 e. The second-order valence-corrected chi connectivity index (χ2v) is 6.37. The zero-order valence-corrected chi connectivity index (χ0v) is 16.1. The van der Waals surface area contributed by atoms with Gasteiger partial charge in [0.15, 0.2) is 11.5 Å². The summed E-state index contributed by atoms with van der Waals surface area (Å²) < 4.78 is 11.7. The molecule has 5 nitrogen and oxygen atoms in total. The van der Waals surface area contributed by atoms with Crippen LogP contribution in [0.5, 0.6) is 11.5 Å². The van der Waals surface area contributed by atoms with Crippen LogP contribution >= 0.6 is 12.4 Å². The Morgan fingerprint density at radius 1 is 1.16 bits per heavy atom. The molecule has 0 bridgehead atoms. The van der Waals surface area contributed by atoms with Crippen molar-refractivity contribution in [2.45, 2.75) is 52.0 Å². The molecule has 0 aromatic heterocycles. The van der Waals surface area contributed by atoms with E-state index in [1.807, 2.05) is 23.1 Å². The van der Waals surface area contributed by atoms with E-state index >= 15 is 0 Å². The maximum atomic E-state index is 12.6. The van der Waals surface area contributed by atoms with Crippen molar-refractivity contribution in [1.82, 2.24) is 4.90 Å². The number of hydrogen-bond donors (Lipinski definition) is 1. The van der Waals surface area contributed by atoms with Gasteiger partial charge in [0.05, 0.1) is 13.2 Å². The summed E-state index contributed by atoms with van der Waals surface area (Å²) in [6, 6.07) is 5.56. The van der Waals surface area contributed by atoms with E-state index in [2.05, 4.69) is 13.8 Å². The van der Waals surface area contributed by atoms with Gasteiger partial charge in [0.1, 0.15) is 0 Å². The second kappa shape index (κ2) is 11.2. The van der Waals surface area contributed by atoms with E-state index in [0.29, 0.717) is 36.8 Å². The number of ether oxygens (including phenoxy) is 2. The fraction of sp³-hybridized carbons (Fsp3) is 0.632. The van der Waals surface area contributed by atoms with E-state index in [1.165, 1.54) is 0 Å². The molecule has 1 aromatic carbocycles. The maximum Gasteiger partial charge on any atom is 0.254 e. The highest BCUT2D eigenvalue weighted by molar-refractivity contribution is 5.95. The largest absolute Gasteiger partial charge is 0.490 e. The van der Waals surface area contributed by atoms with Gasteiger partial charge in [-0.1, -0.05) is 26.7 Å². The molecule has 1 heterocycles. The van der Waals surface area contributed by atoms with Crippen LogP contribution in [-0.4, -0.2) is 43.2 Å². The molecule has 1 aliphatic rings. The molecule has 2 rings (SSSR count). The van der Waals surface area contributed by atoms with Crippen molar-refractivity contribution in [3.8, 4) is 11.5 Å². The van der Waals surface area contributed by atoms with Gasteiger partial charge in [-0.15, -0.1) is 12.4 Å². The van der Waals surface area contributed by atoms with Crippen molar-refractivity contribution >= 4 is 18.3 Å². The number of halogens is 1. The molecule has 25 heavy (non-hydrogen) atoms. The van der Waals surface area contributed by atoms with Gasteiger partial charge in [-0.25, -0.2) is 0 Å². The van der Waals surface area contributed by atoms with E-state index in [9.17, 15) is 4.79 Å². The van der Waals surface area contributed by atoms with Gasteiger partial charge in [-0.05, 0) is 37.5 Å². The molecule has 0 radical (unpaired) electrons. The van der Waals surface area contributed by atoms with Gasteiger partial charge in [-0.2, -0.15) is 0 Å². The van der Waals surface area contributed by atoms with Crippen molar-refractivity contribution in [3.63, 3.8) is 0 Å². The molecule has 2 N–H and O–H groups in total. The first kappa shape index (κ1) is 21.6. The lowest BCUT2D eigenvalue weighted by Crippen LogP contribution is -2.31. The van der Waals surface area contributed by atoms with Crippen LogP contribution in [0.3, 0.4) is 0 Å². The van der Waals surface area contributed by atoms with E-state index < -0.39 is 0 Å². The van der Waals surface area contributed by atoms with Gasteiger partial charge < -0.3 is 20.1 Å². The van der Waals surface area contributed by atoms with E-state index in [1.54, 1.807) is 0 Å². The Balaban J connectivity index is 0.00000312. The quantitative estimate of drug-likeness (QED) is 0.674. The normalized spacial score (nSPS) is 16.4. The van der Waals surface area contributed by atoms with Gasteiger partial charge >= 0.3 is 0 Å². The van der Waals surface area contributed by atoms with E-state index in [4.69, 9.17) is 15.2 Å². The molecule has 6 heteroatoms. The summed E-state index contributed by atoms with van der Waals surface area (Å²) in [5, 5.41) is 0. The summed E-state index contributed by atoms with van der Waals surface area (Å²) in [5.74, 6) is 1.39. The minimum absolute atomic E-state index is 0. The van der Waals surface area contributed by atoms with Gasteiger partial charge in [-0.3, -0.25) is 4.79 Å². The molecule has 1 aromatic rings. The van der Waals surface area contributed by atoms with E-state index in [0.717, 1.165) is 38.6 Å². The number of amides is 1. The van der Waals surface area contributed by atoms with Crippen molar-refractivity contribution < 1.29 is 14.3 Å². The first-order chi connectivity index (χ1) is 11.7. The Labute approximate surface area is 157 Å². The Morgan fingerprint density at radius 2 is 1.80 bits per heavy atom. The molecular formula is C19H31ClN2O3. The minimum atomic E-state index is 0.